The van der Waals surface area contributed by atoms with Gasteiger partial charge in [-0.3, -0.25) is 4.79 Å². The molecule has 2 aromatic carbocycles. The molecule has 1 aliphatic rings. The van der Waals surface area contributed by atoms with Crippen LogP contribution >= 0.6 is 0 Å². The maximum Gasteiger partial charge on any atom is 0.224 e. The summed E-state index contributed by atoms with van der Waals surface area (Å²) in [7, 11) is 0. The Balaban J connectivity index is 1.69. The van der Waals surface area contributed by atoms with E-state index in [1.54, 1.807) is 0 Å². The van der Waals surface area contributed by atoms with Crippen molar-refractivity contribution in [3.63, 3.8) is 0 Å². The Kier molecular flexibility index (Phi) is 4.20. The van der Waals surface area contributed by atoms with E-state index in [9.17, 15) is 4.79 Å². The minimum atomic E-state index is 0.118. The molecule has 0 aromatic heterocycles. The highest BCUT2D eigenvalue weighted by Crippen LogP contribution is 2.19. The molecule has 2 N–H and O–H groups in total. The third-order valence-corrected chi connectivity index (χ3v) is 4.17. The molecule has 0 spiro atoms. The lowest BCUT2D eigenvalue weighted by Gasteiger charge is -2.28. The van der Waals surface area contributed by atoms with E-state index in [4.69, 9.17) is 0 Å². The molecule has 3 rings (SSSR count). The van der Waals surface area contributed by atoms with Gasteiger partial charge in [0.25, 0.3) is 0 Å². The number of hydrogen-bond donors (Lipinski definition) is 2. The second kappa shape index (κ2) is 6.27. The number of fused-ring (bicyclic) bond motifs is 1. The molecule has 3 heteroatoms. The van der Waals surface area contributed by atoms with Crippen LogP contribution in [0.3, 0.4) is 0 Å². The fraction of sp³-hybridized carbons (Fsp3) is 0.389. The number of amides is 1. The smallest absolute Gasteiger partial charge is 0.224 e. The van der Waals surface area contributed by atoms with Gasteiger partial charge in [-0.25, -0.2) is 0 Å². The lowest BCUT2D eigenvalue weighted by Crippen LogP contribution is -2.48. The molecule has 1 fully saturated rings. The van der Waals surface area contributed by atoms with Crippen molar-refractivity contribution in [2.24, 2.45) is 5.92 Å². The van der Waals surface area contributed by atoms with Gasteiger partial charge >= 0.3 is 0 Å². The van der Waals surface area contributed by atoms with Crippen molar-refractivity contribution in [1.29, 1.82) is 0 Å². The maximum atomic E-state index is 12.3. The molecule has 0 saturated carbocycles. The van der Waals surface area contributed by atoms with Crippen LogP contribution in [0, 0.1) is 5.92 Å². The van der Waals surface area contributed by atoms with Gasteiger partial charge in [-0.1, -0.05) is 49.4 Å². The lowest BCUT2D eigenvalue weighted by atomic mass is 9.97. The average Bonchev–Trinajstić information content (AvgIpc) is 2.47. The normalized spacial score (nSPS) is 22.1. The lowest BCUT2D eigenvalue weighted by molar-refractivity contribution is -0.121. The summed E-state index contributed by atoms with van der Waals surface area (Å²) in [4.78, 5) is 12.3. The number of carbonyl (C=O) groups is 1. The van der Waals surface area contributed by atoms with Crippen LogP contribution in [0.25, 0.3) is 10.8 Å². The Bertz CT molecular complexity index is 633. The van der Waals surface area contributed by atoms with Crippen LogP contribution in [0.1, 0.15) is 18.9 Å². The first-order valence-electron chi connectivity index (χ1n) is 7.69. The highest BCUT2D eigenvalue weighted by atomic mass is 16.1. The molecule has 2 atom stereocenters. The first-order valence-corrected chi connectivity index (χ1v) is 7.69. The number of hydrogen-bond acceptors (Lipinski definition) is 2. The van der Waals surface area contributed by atoms with Gasteiger partial charge in [0.1, 0.15) is 0 Å². The number of carbonyl (C=O) groups excluding carboxylic acids is 1. The topological polar surface area (TPSA) is 41.1 Å². The summed E-state index contributed by atoms with van der Waals surface area (Å²) in [5, 5.41) is 8.89. The second-order valence-electron chi connectivity index (χ2n) is 6.08. The van der Waals surface area contributed by atoms with Gasteiger partial charge in [0.2, 0.25) is 5.91 Å². The van der Waals surface area contributed by atoms with E-state index >= 15 is 0 Å². The fourth-order valence-electron chi connectivity index (χ4n) is 3.16. The first-order chi connectivity index (χ1) is 10.2. The van der Waals surface area contributed by atoms with E-state index in [1.165, 1.54) is 10.8 Å². The molecule has 110 valence electrons. The predicted molar refractivity (Wildman–Crippen MR) is 86.2 cm³/mol. The molecule has 1 saturated heterocycles. The number of piperidine rings is 1. The molecular formula is C18H22N2O. The standard InChI is InChI=1S/C18H22N2O/c1-13-9-16(12-19-11-13)20-18(21)10-15-7-4-6-14-5-2-3-8-17(14)15/h2-8,13,16,19H,9-12H2,1H3,(H,20,21). The zero-order valence-corrected chi connectivity index (χ0v) is 12.4. The number of nitrogens with one attached hydrogen (secondary N) is 2. The molecule has 0 radical (unpaired) electrons. The molecule has 1 heterocycles. The predicted octanol–water partition coefficient (Wildman–Crippen LogP) is 2.50. The molecule has 3 nitrogen and oxygen atoms in total. The van der Waals surface area contributed by atoms with Crippen LogP contribution in [-0.4, -0.2) is 25.0 Å². The minimum Gasteiger partial charge on any atom is -0.352 e. The Morgan fingerprint density at radius 2 is 2.00 bits per heavy atom. The number of benzene rings is 2. The Morgan fingerprint density at radius 1 is 1.19 bits per heavy atom. The van der Waals surface area contributed by atoms with Gasteiger partial charge < -0.3 is 10.6 Å². The van der Waals surface area contributed by atoms with Crippen molar-refractivity contribution in [3.05, 3.63) is 48.0 Å². The molecule has 2 unspecified atom stereocenters. The van der Waals surface area contributed by atoms with E-state index in [0.717, 1.165) is 25.1 Å². The Morgan fingerprint density at radius 3 is 2.86 bits per heavy atom. The van der Waals surface area contributed by atoms with E-state index < -0.39 is 0 Å². The summed E-state index contributed by atoms with van der Waals surface area (Å²) in [5.41, 5.74) is 1.10. The molecule has 2 aromatic rings. The summed E-state index contributed by atoms with van der Waals surface area (Å²) < 4.78 is 0. The molecule has 0 bridgehead atoms. The summed E-state index contributed by atoms with van der Waals surface area (Å²) in [5.74, 6) is 0.744. The van der Waals surface area contributed by atoms with Crippen LogP contribution in [0.5, 0.6) is 0 Å². The molecule has 0 aliphatic carbocycles. The van der Waals surface area contributed by atoms with Crippen molar-refractivity contribution in [2.45, 2.75) is 25.8 Å². The molecular weight excluding hydrogens is 260 g/mol. The van der Waals surface area contributed by atoms with Crippen LogP contribution in [0.15, 0.2) is 42.5 Å². The zero-order chi connectivity index (χ0) is 14.7. The van der Waals surface area contributed by atoms with Crippen molar-refractivity contribution in [1.82, 2.24) is 10.6 Å². The van der Waals surface area contributed by atoms with E-state index in [0.29, 0.717) is 12.3 Å². The summed E-state index contributed by atoms with van der Waals surface area (Å²) in [6.45, 7) is 4.15. The minimum absolute atomic E-state index is 0.118. The van der Waals surface area contributed by atoms with E-state index in [2.05, 4.69) is 35.8 Å². The van der Waals surface area contributed by atoms with Crippen molar-refractivity contribution >= 4 is 16.7 Å². The number of rotatable bonds is 3. The van der Waals surface area contributed by atoms with E-state index in [1.807, 2.05) is 24.3 Å². The van der Waals surface area contributed by atoms with Gasteiger partial charge in [0.05, 0.1) is 6.42 Å². The highest BCUT2D eigenvalue weighted by Gasteiger charge is 2.20. The highest BCUT2D eigenvalue weighted by molar-refractivity contribution is 5.90. The third-order valence-electron chi connectivity index (χ3n) is 4.17. The molecule has 1 amide bonds. The van der Waals surface area contributed by atoms with Crippen LogP contribution in [0.2, 0.25) is 0 Å². The largest absolute Gasteiger partial charge is 0.352 e. The van der Waals surface area contributed by atoms with Crippen LogP contribution in [-0.2, 0) is 11.2 Å². The van der Waals surface area contributed by atoms with Crippen molar-refractivity contribution < 1.29 is 4.79 Å². The Labute approximate surface area is 125 Å². The first kappa shape index (κ1) is 14.1. The van der Waals surface area contributed by atoms with Gasteiger partial charge in [0, 0.05) is 12.6 Å². The zero-order valence-electron chi connectivity index (χ0n) is 12.4. The molecule has 1 aliphatic heterocycles. The SMILES string of the molecule is CC1CNCC(NC(=O)Cc2cccc3ccccc23)C1. The van der Waals surface area contributed by atoms with Gasteiger partial charge in [-0.05, 0) is 35.2 Å². The monoisotopic (exact) mass is 282 g/mol. The van der Waals surface area contributed by atoms with Gasteiger partial charge in [-0.2, -0.15) is 0 Å². The Hall–Kier alpha value is -1.87. The quantitative estimate of drug-likeness (QED) is 0.908. The van der Waals surface area contributed by atoms with Crippen molar-refractivity contribution in [3.8, 4) is 0 Å². The maximum absolute atomic E-state index is 12.3. The summed E-state index contributed by atoms with van der Waals surface area (Å²) in [6, 6.07) is 14.6. The third kappa shape index (κ3) is 3.42. The second-order valence-corrected chi connectivity index (χ2v) is 6.08. The van der Waals surface area contributed by atoms with E-state index in [-0.39, 0.29) is 11.9 Å². The molecule has 21 heavy (non-hydrogen) atoms. The van der Waals surface area contributed by atoms with Crippen LogP contribution in [0.4, 0.5) is 0 Å². The van der Waals surface area contributed by atoms with Crippen molar-refractivity contribution in [2.75, 3.05) is 13.1 Å². The van der Waals surface area contributed by atoms with Gasteiger partial charge in [0.15, 0.2) is 0 Å². The average molecular weight is 282 g/mol. The summed E-state index contributed by atoms with van der Waals surface area (Å²) >= 11 is 0. The van der Waals surface area contributed by atoms with Crippen LogP contribution < -0.4 is 10.6 Å². The summed E-state index contributed by atoms with van der Waals surface area (Å²) in [6.07, 6.45) is 1.51. The fourth-order valence-corrected chi connectivity index (χ4v) is 3.16. The van der Waals surface area contributed by atoms with Gasteiger partial charge in [-0.15, -0.1) is 0 Å².